The summed E-state index contributed by atoms with van der Waals surface area (Å²) in [5, 5.41) is 17.4. The summed E-state index contributed by atoms with van der Waals surface area (Å²) < 4.78 is 64.9. The number of halogens is 3. The summed E-state index contributed by atoms with van der Waals surface area (Å²) in [5.74, 6) is -1.12. The van der Waals surface area contributed by atoms with Crippen LogP contribution in [0.15, 0.2) is 95.1 Å². The lowest BCUT2D eigenvalue weighted by Gasteiger charge is -2.07. The number of aromatic nitrogens is 2. The number of sulfonamides is 1. The minimum Gasteiger partial charge on any atom is -0.478 e. The molecular weight excluding hydrogens is 497 g/mol. The van der Waals surface area contributed by atoms with Gasteiger partial charge in [0.2, 0.25) is 0 Å². The zero-order valence-electron chi connectivity index (χ0n) is 18.2. The lowest BCUT2D eigenvalue weighted by Crippen LogP contribution is -2.18. The Morgan fingerprint density at radius 3 is 2.19 bits per heavy atom. The molecule has 0 saturated heterocycles. The fourth-order valence-electron chi connectivity index (χ4n) is 3.23. The van der Waals surface area contributed by atoms with E-state index in [9.17, 15) is 26.4 Å². The zero-order valence-corrected chi connectivity index (χ0v) is 19.0. The van der Waals surface area contributed by atoms with E-state index in [0.29, 0.717) is 22.5 Å². The number of hydrogen-bond donors (Lipinski definition) is 2. The van der Waals surface area contributed by atoms with Crippen LogP contribution in [0.4, 0.5) is 13.2 Å². The van der Waals surface area contributed by atoms with Gasteiger partial charge in [-0.05, 0) is 48.5 Å². The fraction of sp³-hybridized carbons (Fsp3) is 0.0417. The van der Waals surface area contributed by atoms with Crippen LogP contribution in [-0.2, 0) is 16.2 Å². The van der Waals surface area contributed by atoms with Crippen LogP contribution < -0.4 is 4.83 Å². The molecule has 0 aliphatic carbocycles. The van der Waals surface area contributed by atoms with Gasteiger partial charge in [0.25, 0.3) is 10.0 Å². The van der Waals surface area contributed by atoms with Crippen LogP contribution in [0.5, 0.6) is 0 Å². The number of carbonyl (C=O) groups is 1. The largest absolute Gasteiger partial charge is 0.478 e. The molecule has 0 radical (unpaired) electrons. The maximum absolute atomic E-state index is 12.9. The summed E-state index contributed by atoms with van der Waals surface area (Å²) in [4.78, 5) is 13.3. The lowest BCUT2D eigenvalue weighted by molar-refractivity contribution is -0.137. The highest BCUT2D eigenvalue weighted by Crippen LogP contribution is 2.30. The minimum atomic E-state index is -4.49. The Morgan fingerprint density at radius 2 is 1.61 bits per heavy atom. The normalized spacial score (nSPS) is 12.1. The van der Waals surface area contributed by atoms with Gasteiger partial charge in [0.15, 0.2) is 0 Å². The molecule has 4 rings (SSSR count). The zero-order chi connectivity index (χ0) is 25.9. The molecule has 184 valence electrons. The van der Waals surface area contributed by atoms with Crippen LogP contribution in [0.25, 0.3) is 16.9 Å². The van der Waals surface area contributed by atoms with Gasteiger partial charge < -0.3 is 5.11 Å². The molecule has 0 aliphatic rings. The van der Waals surface area contributed by atoms with Crippen molar-refractivity contribution in [2.75, 3.05) is 0 Å². The highest BCUT2D eigenvalue weighted by Gasteiger charge is 2.30. The molecule has 0 fully saturated rings. The standard InChI is InChI=1S/C24H17F3N4O4S/c25-24(26,27)19-10-12-20(13-11-19)31-15-18(14-28-30-36(34,35)21-4-2-1-3-5-21)22(29-31)16-6-8-17(9-7-16)23(32)33/h1-15,30H,(H,32,33)/b28-14+. The number of benzene rings is 3. The molecule has 4 aromatic rings. The number of carboxylic acid groups (broad SMARTS) is 1. The third-order valence-corrected chi connectivity index (χ3v) is 6.28. The van der Waals surface area contributed by atoms with Crippen molar-refractivity contribution in [2.45, 2.75) is 11.1 Å². The van der Waals surface area contributed by atoms with Gasteiger partial charge in [-0.2, -0.15) is 31.8 Å². The monoisotopic (exact) mass is 514 g/mol. The third-order valence-electron chi connectivity index (χ3n) is 5.04. The van der Waals surface area contributed by atoms with Crippen molar-refractivity contribution in [2.24, 2.45) is 5.10 Å². The van der Waals surface area contributed by atoms with E-state index in [-0.39, 0.29) is 10.5 Å². The molecule has 0 spiro atoms. The smallest absolute Gasteiger partial charge is 0.416 e. The van der Waals surface area contributed by atoms with Crippen molar-refractivity contribution < 1.29 is 31.5 Å². The van der Waals surface area contributed by atoms with Crippen molar-refractivity contribution in [1.29, 1.82) is 0 Å². The second-order valence-corrected chi connectivity index (χ2v) is 9.13. The lowest BCUT2D eigenvalue weighted by atomic mass is 10.1. The van der Waals surface area contributed by atoms with Gasteiger partial charge in [-0.25, -0.2) is 14.3 Å². The van der Waals surface area contributed by atoms with Gasteiger partial charge in [-0.1, -0.05) is 30.3 Å². The summed E-state index contributed by atoms with van der Waals surface area (Å²) >= 11 is 0. The summed E-state index contributed by atoms with van der Waals surface area (Å²) in [6.45, 7) is 0. The Bertz CT molecular complexity index is 1510. The molecule has 1 heterocycles. The van der Waals surface area contributed by atoms with E-state index >= 15 is 0 Å². The predicted octanol–water partition coefficient (Wildman–Crippen LogP) is 4.57. The van der Waals surface area contributed by atoms with Gasteiger partial charge in [0.05, 0.1) is 27.9 Å². The van der Waals surface area contributed by atoms with E-state index in [2.05, 4.69) is 15.0 Å². The SMILES string of the molecule is O=C(O)c1ccc(-c2nn(-c3ccc(C(F)(F)F)cc3)cc2/C=N/NS(=O)(=O)c2ccccc2)cc1. The Hall–Kier alpha value is -4.45. The fourth-order valence-corrected chi connectivity index (χ4v) is 4.04. The molecule has 0 unspecified atom stereocenters. The van der Waals surface area contributed by atoms with Crippen LogP contribution in [0, 0.1) is 0 Å². The topological polar surface area (TPSA) is 114 Å². The van der Waals surface area contributed by atoms with Gasteiger partial charge in [0, 0.05) is 17.3 Å². The molecule has 3 aromatic carbocycles. The Balaban J connectivity index is 1.70. The maximum Gasteiger partial charge on any atom is 0.416 e. The van der Waals surface area contributed by atoms with Gasteiger partial charge >= 0.3 is 12.1 Å². The van der Waals surface area contributed by atoms with Gasteiger partial charge in [-0.15, -0.1) is 0 Å². The molecule has 8 nitrogen and oxygen atoms in total. The molecule has 0 aliphatic heterocycles. The van der Waals surface area contributed by atoms with E-state index in [0.717, 1.165) is 12.1 Å². The van der Waals surface area contributed by atoms with E-state index in [1.807, 2.05) is 0 Å². The average molecular weight is 514 g/mol. The molecule has 0 bridgehead atoms. The summed E-state index contributed by atoms with van der Waals surface area (Å²) in [6.07, 6.45) is -1.83. The number of carboxylic acids is 1. The molecule has 0 saturated carbocycles. The first-order valence-corrected chi connectivity index (χ1v) is 11.7. The number of nitrogens with one attached hydrogen (secondary N) is 1. The van der Waals surface area contributed by atoms with E-state index in [4.69, 9.17) is 5.11 Å². The first kappa shape index (κ1) is 24.7. The Kier molecular flexibility index (Phi) is 6.62. The number of aromatic carboxylic acids is 1. The average Bonchev–Trinajstić information content (AvgIpc) is 3.28. The summed E-state index contributed by atoms with van der Waals surface area (Å²) in [5.41, 5.74) is 0.656. The summed E-state index contributed by atoms with van der Waals surface area (Å²) in [6, 6.07) is 17.7. The second kappa shape index (κ2) is 9.66. The Morgan fingerprint density at radius 1 is 0.972 bits per heavy atom. The molecule has 0 amide bonds. The van der Waals surface area contributed by atoms with E-state index in [1.165, 1.54) is 65.6 Å². The van der Waals surface area contributed by atoms with Crippen LogP contribution in [0.2, 0.25) is 0 Å². The van der Waals surface area contributed by atoms with Crippen molar-refractivity contribution in [3.05, 3.63) is 102 Å². The van der Waals surface area contributed by atoms with Crippen molar-refractivity contribution in [3.63, 3.8) is 0 Å². The van der Waals surface area contributed by atoms with E-state index in [1.54, 1.807) is 18.2 Å². The van der Waals surface area contributed by atoms with Crippen molar-refractivity contribution >= 4 is 22.2 Å². The van der Waals surface area contributed by atoms with Crippen LogP contribution in [-0.4, -0.2) is 35.5 Å². The van der Waals surface area contributed by atoms with Crippen LogP contribution >= 0.6 is 0 Å². The first-order chi connectivity index (χ1) is 17.0. The molecule has 12 heteroatoms. The van der Waals surface area contributed by atoms with Gasteiger partial charge in [-0.3, -0.25) is 0 Å². The molecule has 1 aromatic heterocycles. The number of rotatable bonds is 7. The Labute approximate surface area is 203 Å². The second-order valence-electron chi connectivity index (χ2n) is 7.47. The molecule has 0 atom stereocenters. The maximum atomic E-state index is 12.9. The highest BCUT2D eigenvalue weighted by molar-refractivity contribution is 7.89. The van der Waals surface area contributed by atoms with Crippen LogP contribution in [0.1, 0.15) is 21.5 Å². The molecule has 36 heavy (non-hydrogen) atoms. The highest BCUT2D eigenvalue weighted by atomic mass is 32.2. The first-order valence-electron chi connectivity index (χ1n) is 10.3. The van der Waals surface area contributed by atoms with E-state index < -0.39 is 27.7 Å². The quantitative estimate of drug-likeness (QED) is 0.277. The number of alkyl halides is 3. The number of hydrazone groups is 1. The van der Waals surface area contributed by atoms with Crippen molar-refractivity contribution in [1.82, 2.24) is 14.6 Å². The predicted molar refractivity (Wildman–Crippen MR) is 125 cm³/mol. The van der Waals surface area contributed by atoms with Gasteiger partial charge in [0.1, 0.15) is 5.69 Å². The summed E-state index contributed by atoms with van der Waals surface area (Å²) in [7, 11) is -3.93. The van der Waals surface area contributed by atoms with Crippen LogP contribution in [0.3, 0.4) is 0 Å². The number of hydrogen-bond acceptors (Lipinski definition) is 5. The number of nitrogens with zero attached hydrogens (tertiary/aromatic N) is 3. The third kappa shape index (κ3) is 5.44. The molecule has 2 N–H and O–H groups in total. The molecular formula is C24H17F3N4O4S. The van der Waals surface area contributed by atoms with Crippen molar-refractivity contribution in [3.8, 4) is 16.9 Å². The minimum absolute atomic E-state index is 0.00656.